The summed E-state index contributed by atoms with van der Waals surface area (Å²) in [5.74, 6) is -5.95. The van der Waals surface area contributed by atoms with E-state index in [1.165, 1.54) is 4.90 Å². The van der Waals surface area contributed by atoms with Gasteiger partial charge in [-0.1, -0.05) is 0 Å². The second-order valence-electron chi connectivity index (χ2n) is 7.17. The summed E-state index contributed by atoms with van der Waals surface area (Å²) in [5.41, 5.74) is 5.64. The van der Waals surface area contributed by atoms with Gasteiger partial charge in [-0.25, -0.2) is 26.3 Å². The first-order valence-corrected chi connectivity index (χ1v) is 10.6. The molecular weight excluding hydrogens is 440 g/mol. The van der Waals surface area contributed by atoms with Crippen LogP contribution >= 0.6 is 0 Å². The number of sulfonamides is 1. The molecule has 1 saturated heterocycles. The molecule has 0 bridgehead atoms. The first-order valence-electron chi connectivity index (χ1n) is 8.99. The van der Waals surface area contributed by atoms with E-state index in [9.17, 15) is 39.6 Å². The molecule has 1 fully saturated rings. The molecule has 3 N–H and O–H groups in total. The molecule has 2 rings (SSSR count). The molecule has 6 nitrogen and oxygen atoms in total. The fourth-order valence-electron chi connectivity index (χ4n) is 3.19. The molecule has 13 heteroatoms. The van der Waals surface area contributed by atoms with E-state index in [2.05, 4.69) is 0 Å². The highest BCUT2D eigenvalue weighted by atomic mass is 32.2. The van der Waals surface area contributed by atoms with Gasteiger partial charge in [0.05, 0.1) is 0 Å². The third-order valence-electron chi connectivity index (χ3n) is 4.56. The summed E-state index contributed by atoms with van der Waals surface area (Å²) in [6, 6.07) is -0.539. The standard InChI is InChI=1S/C17H21F6N3O3S/c18-13-8-15(20)14(19)6-10(13)5-11(24)7-16(27)26-3-1-12(2-4-26)25-30(28,29)9-17(21,22)23/h6,8,11-12,25H,1-5,7,9,24H2/t11-/m1/s1. The molecule has 1 aliphatic heterocycles. The summed E-state index contributed by atoms with van der Waals surface area (Å²) in [7, 11) is -4.53. The van der Waals surface area contributed by atoms with Crippen molar-refractivity contribution >= 4 is 15.9 Å². The molecule has 1 aliphatic rings. The Kier molecular flexibility index (Phi) is 7.74. The maximum atomic E-state index is 13.7. The molecule has 0 unspecified atom stereocenters. The molecule has 1 heterocycles. The van der Waals surface area contributed by atoms with Gasteiger partial charge in [0.25, 0.3) is 0 Å². The quantitative estimate of drug-likeness (QED) is 0.479. The number of benzene rings is 1. The van der Waals surface area contributed by atoms with E-state index in [0.29, 0.717) is 12.1 Å². The lowest BCUT2D eigenvalue weighted by Gasteiger charge is -2.33. The Bertz CT molecular complexity index is 870. The highest BCUT2D eigenvalue weighted by Gasteiger charge is 2.36. The van der Waals surface area contributed by atoms with E-state index in [-0.39, 0.29) is 44.3 Å². The summed E-state index contributed by atoms with van der Waals surface area (Å²) in [4.78, 5) is 13.7. The molecule has 1 amide bonds. The summed E-state index contributed by atoms with van der Waals surface area (Å²) >= 11 is 0. The lowest BCUT2D eigenvalue weighted by atomic mass is 10.0. The molecule has 0 aromatic heterocycles. The van der Waals surface area contributed by atoms with Crippen LogP contribution in [0.1, 0.15) is 24.8 Å². The summed E-state index contributed by atoms with van der Waals surface area (Å²) < 4.78 is 102. The van der Waals surface area contributed by atoms with Gasteiger partial charge in [0, 0.05) is 37.7 Å². The van der Waals surface area contributed by atoms with Crippen LogP contribution in [0.5, 0.6) is 0 Å². The van der Waals surface area contributed by atoms with Crippen molar-refractivity contribution in [1.82, 2.24) is 9.62 Å². The van der Waals surface area contributed by atoms with Crippen LogP contribution in [0, 0.1) is 17.5 Å². The number of alkyl halides is 3. The molecule has 1 aromatic carbocycles. The molecule has 0 spiro atoms. The lowest BCUT2D eigenvalue weighted by Crippen LogP contribution is -2.48. The zero-order valence-electron chi connectivity index (χ0n) is 15.7. The van der Waals surface area contributed by atoms with Crippen molar-refractivity contribution in [3.63, 3.8) is 0 Å². The van der Waals surface area contributed by atoms with Crippen molar-refractivity contribution in [1.29, 1.82) is 0 Å². The Labute approximate surface area is 169 Å². The molecule has 30 heavy (non-hydrogen) atoms. The molecule has 0 radical (unpaired) electrons. The Balaban J connectivity index is 1.83. The summed E-state index contributed by atoms with van der Waals surface area (Å²) in [5, 5.41) is 0. The van der Waals surface area contributed by atoms with Gasteiger partial charge in [0.1, 0.15) is 5.82 Å². The SMILES string of the molecule is N[C@@H](CC(=O)N1CCC(NS(=O)(=O)CC(F)(F)F)CC1)Cc1cc(F)c(F)cc1F. The minimum Gasteiger partial charge on any atom is -0.343 e. The highest BCUT2D eigenvalue weighted by Crippen LogP contribution is 2.20. The number of nitrogens with one attached hydrogen (secondary N) is 1. The summed E-state index contributed by atoms with van der Waals surface area (Å²) in [6.07, 6.45) is -5.04. The minimum atomic E-state index is -4.86. The van der Waals surface area contributed by atoms with E-state index < -0.39 is 57.4 Å². The smallest absolute Gasteiger partial charge is 0.343 e. The van der Waals surface area contributed by atoms with Gasteiger partial charge in [0.2, 0.25) is 15.9 Å². The topological polar surface area (TPSA) is 92.5 Å². The van der Waals surface area contributed by atoms with Crippen LogP contribution in [0.3, 0.4) is 0 Å². The van der Waals surface area contributed by atoms with E-state index in [1.54, 1.807) is 0 Å². The number of rotatable bonds is 7. The van der Waals surface area contributed by atoms with Gasteiger partial charge in [-0.3, -0.25) is 4.79 Å². The van der Waals surface area contributed by atoms with Crippen molar-refractivity contribution in [2.75, 3.05) is 18.8 Å². The maximum Gasteiger partial charge on any atom is 0.404 e. The van der Waals surface area contributed by atoms with Crippen LogP contribution in [0.25, 0.3) is 0 Å². The van der Waals surface area contributed by atoms with Gasteiger partial charge in [-0.05, 0) is 30.9 Å². The highest BCUT2D eigenvalue weighted by molar-refractivity contribution is 7.89. The van der Waals surface area contributed by atoms with Crippen molar-refractivity contribution in [3.8, 4) is 0 Å². The molecule has 0 aliphatic carbocycles. The van der Waals surface area contributed by atoms with Gasteiger partial charge < -0.3 is 10.6 Å². The Morgan fingerprint density at radius 2 is 1.70 bits per heavy atom. The van der Waals surface area contributed by atoms with Crippen molar-refractivity contribution in [2.24, 2.45) is 5.73 Å². The molecular formula is C17H21F6N3O3S. The number of piperidine rings is 1. The average molecular weight is 461 g/mol. The number of halogens is 6. The molecule has 1 atom stereocenters. The maximum absolute atomic E-state index is 13.7. The number of hydrogen-bond donors (Lipinski definition) is 2. The first-order chi connectivity index (χ1) is 13.8. The van der Waals surface area contributed by atoms with Crippen LogP contribution < -0.4 is 10.5 Å². The number of carbonyl (C=O) groups excluding carboxylic acids is 1. The van der Waals surface area contributed by atoms with Crippen molar-refractivity contribution < 1.29 is 39.6 Å². The number of amides is 1. The molecule has 1 aromatic rings. The second kappa shape index (κ2) is 9.52. The van der Waals surface area contributed by atoms with Gasteiger partial charge in [0.15, 0.2) is 17.4 Å². The van der Waals surface area contributed by atoms with E-state index in [4.69, 9.17) is 5.73 Å². The van der Waals surface area contributed by atoms with Crippen LogP contribution in [-0.4, -0.2) is 56.3 Å². The Morgan fingerprint density at radius 3 is 2.27 bits per heavy atom. The van der Waals surface area contributed by atoms with Crippen LogP contribution in [0.15, 0.2) is 12.1 Å². The predicted octanol–water partition coefficient (Wildman–Crippen LogP) is 1.84. The van der Waals surface area contributed by atoms with E-state index >= 15 is 0 Å². The zero-order chi connectivity index (χ0) is 22.7. The fourth-order valence-corrected chi connectivity index (χ4v) is 4.44. The summed E-state index contributed by atoms with van der Waals surface area (Å²) in [6.45, 7) is 0.203. The number of nitrogens with two attached hydrogens (primary N) is 1. The van der Waals surface area contributed by atoms with Crippen molar-refractivity contribution in [3.05, 3.63) is 35.1 Å². The monoisotopic (exact) mass is 461 g/mol. The Morgan fingerprint density at radius 1 is 1.13 bits per heavy atom. The third-order valence-corrected chi connectivity index (χ3v) is 5.96. The largest absolute Gasteiger partial charge is 0.404 e. The molecule has 170 valence electrons. The number of carbonyl (C=O) groups is 1. The lowest BCUT2D eigenvalue weighted by molar-refractivity contribution is -0.132. The molecule has 0 saturated carbocycles. The van der Waals surface area contributed by atoms with Gasteiger partial charge in [-0.15, -0.1) is 0 Å². The normalized spacial score (nSPS) is 17.2. The third kappa shape index (κ3) is 7.43. The predicted molar refractivity (Wildman–Crippen MR) is 95.2 cm³/mol. The number of hydrogen-bond acceptors (Lipinski definition) is 4. The van der Waals surface area contributed by atoms with Gasteiger partial charge >= 0.3 is 6.18 Å². The fraction of sp³-hybridized carbons (Fsp3) is 0.588. The van der Waals surface area contributed by atoms with E-state index in [0.717, 1.165) is 0 Å². The first kappa shape index (κ1) is 24.4. The second-order valence-corrected chi connectivity index (χ2v) is 8.93. The number of likely N-dealkylation sites (tertiary alicyclic amines) is 1. The Hall–Kier alpha value is -1.86. The van der Waals surface area contributed by atoms with Crippen LogP contribution in [-0.2, 0) is 21.2 Å². The van der Waals surface area contributed by atoms with E-state index in [1.807, 2.05) is 4.72 Å². The zero-order valence-corrected chi connectivity index (χ0v) is 16.5. The van der Waals surface area contributed by atoms with Crippen molar-refractivity contribution in [2.45, 2.75) is 43.9 Å². The minimum absolute atomic E-state index is 0.101. The van der Waals surface area contributed by atoms with Crippen LogP contribution in [0.4, 0.5) is 26.3 Å². The average Bonchev–Trinajstić information content (AvgIpc) is 2.57. The van der Waals surface area contributed by atoms with Crippen LogP contribution in [0.2, 0.25) is 0 Å². The number of nitrogens with zero attached hydrogens (tertiary/aromatic N) is 1. The van der Waals surface area contributed by atoms with Gasteiger partial charge in [-0.2, -0.15) is 13.2 Å².